The lowest BCUT2D eigenvalue weighted by Crippen LogP contribution is -2.18. The van der Waals surface area contributed by atoms with E-state index in [9.17, 15) is 57.5 Å². The molecule has 0 aromatic heterocycles. The first kappa shape index (κ1) is 124. The molecule has 0 bridgehead atoms. The minimum atomic E-state index is -0.937. The largest absolute Gasteiger partial charge is 0.481 e. The number of hydrogen-bond acceptors (Lipinski definition) is 18. The monoisotopic (exact) mass is 1530 g/mol. The van der Waals surface area contributed by atoms with Crippen molar-refractivity contribution in [3.63, 3.8) is 0 Å². The van der Waals surface area contributed by atoms with Crippen molar-refractivity contribution in [2.24, 2.45) is 82.9 Å². The summed E-state index contributed by atoms with van der Waals surface area (Å²) in [4.78, 5) is 125. The number of ketones is 5. The Labute approximate surface area is 649 Å². The molecule has 0 spiro atoms. The number of rotatable bonds is 39. The number of Topliss-reactive ketones (excluding diaryl/α,β-unsaturated/α-hetero) is 4. The predicted molar refractivity (Wildman–Crippen MR) is 431 cm³/mol. The van der Waals surface area contributed by atoms with E-state index in [0.29, 0.717) is 128 Å². The number of nitriles is 2. The van der Waals surface area contributed by atoms with Gasteiger partial charge in [-0.25, -0.2) is 14.4 Å². The van der Waals surface area contributed by atoms with Gasteiger partial charge in [0, 0.05) is 44.6 Å². The first-order valence-corrected chi connectivity index (χ1v) is 38.3. The summed E-state index contributed by atoms with van der Waals surface area (Å²) in [6.45, 7) is 58.8. The van der Waals surface area contributed by atoms with Crippen LogP contribution in [0.3, 0.4) is 0 Å². The van der Waals surface area contributed by atoms with Gasteiger partial charge in [-0.15, -0.1) is 0 Å². The summed E-state index contributed by atoms with van der Waals surface area (Å²) in [5.41, 5.74) is -0.00241. The van der Waals surface area contributed by atoms with E-state index in [0.717, 1.165) is 44.8 Å². The molecule has 6 atom stereocenters. The lowest BCUT2D eigenvalue weighted by atomic mass is 9.94. The average molecular weight is 1530 g/mol. The molecule has 0 saturated heterocycles. The van der Waals surface area contributed by atoms with Crippen molar-refractivity contribution >= 4 is 71.0 Å². The molecule has 0 aromatic rings. The third-order valence-electron chi connectivity index (χ3n) is 12.8. The normalized spacial score (nSPS) is 11.9. The number of aldehydes is 1. The molecule has 0 aliphatic heterocycles. The van der Waals surface area contributed by atoms with Gasteiger partial charge in [-0.1, -0.05) is 177 Å². The number of esters is 2. The van der Waals surface area contributed by atoms with Crippen LogP contribution in [0.4, 0.5) is 0 Å². The molecule has 0 amide bonds. The number of carboxylic acid groups (broad SMARTS) is 4. The first-order valence-electron chi connectivity index (χ1n) is 38.3. The number of hydrogen-bond donors (Lipinski definition) is 6. The summed E-state index contributed by atoms with van der Waals surface area (Å²) >= 11 is 0. The summed E-state index contributed by atoms with van der Waals surface area (Å²) in [5, 5.41) is 68.5. The molecule has 6 N–H and O–H groups in total. The van der Waals surface area contributed by atoms with E-state index >= 15 is 0 Å². The Kier molecular flexibility index (Phi) is 97.8. The molecule has 0 radical (unpaired) electrons. The lowest BCUT2D eigenvalue weighted by molar-refractivity contribution is -0.147. The maximum absolute atomic E-state index is 11.5. The van der Waals surface area contributed by atoms with Crippen molar-refractivity contribution in [2.75, 3.05) is 13.2 Å². The number of aliphatic hydroxyl groups is 2. The molecule has 22 nitrogen and oxygen atoms in total. The molecular weight excluding hydrogens is 1370 g/mol. The fourth-order valence-electron chi connectivity index (χ4n) is 8.57. The van der Waals surface area contributed by atoms with E-state index in [1.165, 1.54) is 26.3 Å². The van der Waals surface area contributed by atoms with Gasteiger partial charge in [-0.2, -0.15) is 10.5 Å². The lowest BCUT2D eigenvalue weighted by Gasteiger charge is -2.10. The fraction of sp³-hybridized carbons (Fsp3) is 0.765. The van der Waals surface area contributed by atoms with Crippen LogP contribution in [0.5, 0.6) is 0 Å². The maximum atomic E-state index is 11.5. The van der Waals surface area contributed by atoms with E-state index in [-0.39, 0.29) is 66.6 Å². The van der Waals surface area contributed by atoms with Crippen molar-refractivity contribution in [3.8, 4) is 12.1 Å². The Balaban J connectivity index is -0.000000106. The molecule has 107 heavy (non-hydrogen) atoms. The van der Waals surface area contributed by atoms with Crippen LogP contribution in [0, 0.1) is 106 Å². The van der Waals surface area contributed by atoms with Crippen LogP contribution in [-0.4, -0.2) is 127 Å². The highest BCUT2D eigenvalue weighted by molar-refractivity contribution is 6.14. The quantitative estimate of drug-likeness (QED) is 0.0109. The summed E-state index contributed by atoms with van der Waals surface area (Å²) < 4.78 is 9.59. The van der Waals surface area contributed by atoms with Crippen molar-refractivity contribution < 1.29 is 97.6 Å². The molecule has 0 aliphatic carbocycles. The van der Waals surface area contributed by atoms with Crippen LogP contribution in [0.25, 0.3) is 0 Å². The number of nitrogens with zero attached hydrogens (tertiary/aromatic N) is 2. The molecule has 0 saturated carbocycles. The number of allylic oxidation sites excluding steroid dienone is 4. The number of aliphatic carboxylic acids is 4. The molecule has 0 aromatic carbocycles. The van der Waals surface area contributed by atoms with E-state index in [4.69, 9.17) is 50.6 Å². The second-order valence-electron chi connectivity index (χ2n) is 31.0. The molecule has 0 heterocycles. The first-order chi connectivity index (χ1) is 49.0. The highest BCUT2D eigenvalue weighted by Gasteiger charge is 2.21. The van der Waals surface area contributed by atoms with Gasteiger partial charge in [-0.05, 0) is 183 Å². The highest BCUT2D eigenvalue weighted by atomic mass is 16.6. The van der Waals surface area contributed by atoms with Crippen molar-refractivity contribution in [3.05, 3.63) is 36.0 Å². The van der Waals surface area contributed by atoms with Crippen LogP contribution in [0.15, 0.2) is 36.0 Å². The highest BCUT2D eigenvalue weighted by Crippen LogP contribution is 2.18. The van der Waals surface area contributed by atoms with Gasteiger partial charge < -0.3 is 54.5 Å². The zero-order valence-electron chi connectivity index (χ0n) is 72.4. The standard InChI is InChI=1S/C12H20O4.C9H15NO.C9H18O.C8H13NO2.2C8H16O2.C8H14O.C7H14O3.C7H12O2.C5H10O.C4H8O/c1-5-15-11(13)10(8-7-9(3)4)12(14)16-6-2;1-7(2)4-9(6-10)5-8(3)11;1-7(2)5-8(3)6-9(4)10;1-6(2)3-7(5-9)4-8(10)11;1-6(2)4-8(10)5-7(3)9;1-6(2)4-7(3)5-8(9)10;1-7(2)5-4-6-8(3)9;1-5(2)3-6(8)4-7(9)10;1-6(2)4-3-5-7(8)9;1-5(2)3-4-6;1-3-4(2)5/h8-9H,5-7H2,1-4H3;7,9H,4-5H2,1-3H3;7-8H,5-6H2,1-4H3;6-7H,3-4H2,1-2H3,(H,10,11);6,8,10H,4-5H2,1-3H3;6-7H,4-5H2,1-3H3,(H,9,10);4,6-7H,5H2,1-3H3;5-6,8H,3-4H2,1-2H3,(H,9,10);3,5-6H,4H2,1-2H3,(H,8,9);4-5H,3H2,1-2H3;3H2,1-2H3/b;;;;;;6-4+;;5-3+;;. The molecular formula is C85H156N2O20. The van der Waals surface area contributed by atoms with Crippen molar-refractivity contribution in [2.45, 2.75) is 329 Å². The average Bonchev–Trinajstić information content (AvgIpc) is 0.901. The fourth-order valence-corrected chi connectivity index (χ4v) is 8.57. The van der Waals surface area contributed by atoms with Gasteiger partial charge in [0.2, 0.25) is 0 Å². The van der Waals surface area contributed by atoms with E-state index in [1.807, 2.05) is 109 Å². The van der Waals surface area contributed by atoms with Gasteiger partial charge in [0.1, 0.15) is 35.0 Å². The molecule has 6 unspecified atom stereocenters. The smallest absolute Gasteiger partial charge is 0.345 e. The third kappa shape index (κ3) is 142. The molecule has 22 heteroatoms. The van der Waals surface area contributed by atoms with E-state index in [1.54, 1.807) is 52.8 Å². The summed E-state index contributed by atoms with van der Waals surface area (Å²) in [6.07, 6.45) is 18.2. The molecule has 0 rings (SSSR count). The minimum absolute atomic E-state index is 0.00241. The summed E-state index contributed by atoms with van der Waals surface area (Å²) in [7, 11) is 0. The minimum Gasteiger partial charge on any atom is -0.481 e. The van der Waals surface area contributed by atoms with Crippen LogP contribution < -0.4 is 0 Å². The van der Waals surface area contributed by atoms with Gasteiger partial charge in [-0.3, -0.25) is 28.8 Å². The van der Waals surface area contributed by atoms with Gasteiger partial charge >= 0.3 is 35.8 Å². The summed E-state index contributed by atoms with van der Waals surface area (Å²) in [6, 6.07) is 4.13. The number of carboxylic acids is 4. The number of ether oxygens (including phenoxy) is 2. The van der Waals surface area contributed by atoms with Crippen LogP contribution >= 0.6 is 0 Å². The van der Waals surface area contributed by atoms with Gasteiger partial charge in [0.15, 0.2) is 5.78 Å². The molecule has 0 aliphatic rings. The third-order valence-corrected chi connectivity index (χ3v) is 12.8. The van der Waals surface area contributed by atoms with Crippen molar-refractivity contribution in [1.29, 1.82) is 10.5 Å². The summed E-state index contributed by atoms with van der Waals surface area (Å²) in [5.74, 6) is 1.89. The van der Waals surface area contributed by atoms with Crippen molar-refractivity contribution in [1.82, 2.24) is 0 Å². The zero-order chi connectivity index (χ0) is 86.7. The Morgan fingerprint density at radius 2 is 0.664 bits per heavy atom. The van der Waals surface area contributed by atoms with Crippen LogP contribution in [0.1, 0.15) is 317 Å². The topological polar surface area (TPSA) is 392 Å². The molecule has 0 fully saturated rings. The van der Waals surface area contributed by atoms with Gasteiger partial charge in [0.25, 0.3) is 0 Å². The number of carbonyl (C=O) groups excluding carboxylic acids is 8. The Morgan fingerprint density at radius 3 is 0.897 bits per heavy atom. The SMILES string of the molecule is CC(=O)/C=C/CC(C)C.CC(=O)CC(C#N)CC(C)C.CC(=O)CC(C)CC(C)C.CC(=O)CC(O)CC(C)C.CC(C)C/C=C/C(=O)O.CC(C)CC(C#N)CC(=O)O.CC(C)CC(C)CC(=O)O.CC(C)CC(O)CC(=O)O.CC(C)CC=O.CCC(C)=O.CCOC(=O)C(=CCC(C)C)C(=O)OCC. The second kappa shape index (κ2) is 84.6. The van der Waals surface area contributed by atoms with Gasteiger partial charge in [0.05, 0.1) is 62.2 Å². The van der Waals surface area contributed by atoms with Crippen LogP contribution in [0.2, 0.25) is 0 Å². The number of carbonyl (C=O) groups is 12. The maximum Gasteiger partial charge on any atom is 0.345 e. The number of aliphatic hydroxyl groups excluding tert-OH is 2. The second-order valence-corrected chi connectivity index (χ2v) is 31.0. The predicted octanol–water partition coefficient (Wildman–Crippen LogP) is 19.0. The van der Waals surface area contributed by atoms with E-state index < -0.39 is 48.0 Å². The zero-order valence-corrected chi connectivity index (χ0v) is 72.4. The Hall–Kier alpha value is -7.04. The molecule has 626 valence electrons. The van der Waals surface area contributed by atoms with E-state index in [2.05, 4.69) is 68.4 Å². The Morgan fingerprint density at radius 1 is 0.364 bits per heavy atom. The Bertz CT molecular complexity index is 2270. The van der Waals surface area contributed by atoms with Crippen LogP contribution in [-0.2, 0) is 67.0 Å².